The number of ether oxygens (including phenoxy) is 2. The fraction of sp³-hybridized carbons (Fsp3) is 0.375. The molecule has 6 heteroatoms. The lowest BCUT2D eigenvalue weighted by molar-refractivity contribution is 0.0672. The molecule has 2 heterocycles. The molecule has 1 aliphatic heterocycles. The Morgan fingerprint density at radius 2 is 1.93 bits per heavy atom. The molecule has 0 saturated heterocycles. The van der Waals surface area contributed by atoms with E-state index >= 15 is 0 Å². The van der Waals surface area contributed by atoms with Crippen LogP contribution in [0.15, 0.2) is 52.9 Å². The predicted octanol–water partition coefficient (Wildman–Crippen LogP) is 4.33. The molecule has 0 fully saturated rings. The third-order valence-corrected chi connectivity index (χ3v) is 5.47. The van der Waals surface area contributed by atoms with Gasteiger partial charge in [0.2, 0.25) is 0 Å². The molecule has 0 saturated carbocycles. The molecule has 1 aliphatic rings. The topological polar surface area (TPSA) is 55.2 Å². The van der Waals surface area contributed by atoms with Crippen LogP contribution >= 0.6 is 0 Å². The van der Waals surface area contributed by atoms with E-state index in [0.717, 1.165) is 35.5 Å². The minimum Gasteiger partial charge on any atom is -0.485 e. The molecule has 0 spiro atoms. The van der Waals surface area contributed by atoms with Crippen LogP contribution in [0.3, 0.4) is 0 Å². The molecule has 30 heavy (non-hydrogen) atoms. The lowest BCUT2D eigenvalue weighted by Gasteiger charge is -2.37. The number of hydrogen-bond donors (Lipinski definition) is 0. The zero-order chi connectivity index (χ0) is 21.1. The van der Waals surface area contributed by atoms with Crippen molar-refractivity contribution in [2.75, 3.05) is 38.2 Å². The number of fused-ring (bicyclic) bond motifs is 2. The van der Waals surface area contributed by atoms with E-state index in [-0.39, 0.29) is 12.0 Å². The van der Waals surface area contributed by atoms with Gasteiger partial charge in [-0.05, 0) is 32.0 Å². The van der Waals surface area contributed by atoms with Crippen LogP contribution in [0.5, 0.6) is 5.75 Å². The maximum absolute atomic E-state index is 13.3. The van der Waals surface area contributed by atoms with E-state index in [2.05, 4.69) is 17.9 Å². The highest BCUT2D eigenvalue weighted by molar-refractivity contribution is 5.99. The molecular formula is C24H28N2O4. The summed E-state index contributed by atoms with van der Waals surface area (Å²) in [5, 5.41) is 0.919. The second-order valence-corrected chi connectivity index (χ2v) is 7.47. The normalized spacial score (nSPS) is 15.7. The van der Waals surface area contributed by atoms with Gasteiger partial charge in [-0.15, -0.1) is 0 Å². The van der Waals surface area contributed by atoms with Crippen LogP contribution in [-0.4, -0.2) is 50.2 Å². The lowest BCUT2D eigenvalue weighted by Crippen LogP contribution is -2.46. The quantitative estimate of drug-likeness (QED) is 0.582. The number of furan rings is 1. The fourth-order valence-electron chi connectivity index (χ4n) is 3.95. The molecule has 0 unspecified atom stereocenters. The first-order valence-electron chi connectivity index (χ1n) is 10.5. The van der Waals surface area contributed by atoms with Crippen molar-refractivity contribution in [3.8, 4) is 5.75 Å². The Hall–Kier alpha value is -2.99. The second-order valence-electron chi connectivity index (χ2n) is 7.47. The SMILES string of the molecule is CCOCc1c(C(=O)N(C)C[C@@H]2CN(CC)c3ccccc3O2)oc2ccccc12. The first-order valence-corrected chi connectivity index (χ1v) is 10.5. The smallest absolute Gasteiger partial charge is 0.289 e. The van der Waals surface area contributed by atoms with E-state index in [1.54, 1.807) is 11.9 Å². The van der Waals surface area contributed by atoms with Crippen LogP contribution in [0.2, 0.25) is 0 Å². The van der Waals surface area contributed by atoms with Crippen LogP contribution < -0.4 is 9.64 Å². The Bertz CT molecular complexity index is 1030. The van der Waals surface area contributed by atoms with Crippen LogP contribution in [0.4, 0.5) is 5.69 Å². The zero-order valence-corrected chi connectivity index (χ0v) is 17.8. The summed E-state index contributed by atoms with van der Waals surface area (Å²) in [6.07, 6.45) is -0.117. The average molecular weight is 408 g/mol. The third-order valence-electron chi connectivity index (χ3n) is 5.47. The van der Waals surface area contributed by atoms with Gasteiger partial charge in [0.1, 0.15) is 17.4 Å². The summed E-state index contributed by atoms with van der Waals surface area (Å²) >= 11 is 0. The van der Waals surface area contributed by atoms with Gasteiger partial charge in [-0.1, -0.05) is 30.3 Å². The van der Waals surface area contributed by atoms with Crippen molar-refractivity contribution in [2.45, 2.75) is 26.6 Å². The number of amides is 1. The second kappa shape index (κ2) is 8.79. The van der Waals surface area contributed by atoms with Gasteiger partial charge in [-0.3, -0.25) is 4.79 Å². The molecule has 0 bridgehead atoms. The standard InChI is InChI=1S/C24H28N2O4/c1-4-26-15-17(29-22-13-9-7-11-20(22)26)14-25(3)24(27)23-19(16-28-5-2)18-10-6-8-12-21(18)30-23/h6-13,17H,4-5,14-16H2,1-3H3/t17-/m1/s1. The number of likely N-dealkylation sites (N-methyl/N-ethyl adjacent to an activating group) is 2. The molecule has 6 nitrogen and oxygen atoms in total. The maximum atomic E-state index is 13.3. The lowest BCUT2D eigenvalue weighted by atomic mass is 10.1. The minimum absolute atomic E-state index is 0.117. The highest BCUT2D eigenvalue weighted by Crippen LogP contribution is 2.33. The molecule has 0 N–H and O–H groups in total. The van der Waals surface area contributed by atoms with Crippen molar-refractivity contribution >= 4 is 22.6 Å². The van der Waals surface area contributed by atoms with Gasteiger partial charge >= 0.3 is 0 Å². The largest absolute Gasteiger partial charge is 0.485 e. The zero-order valence-electron chi connectivity index (χ0n) is 17.8. The molecule has 1 amide bonds. The molecule has 4 rings (SSSR count). The summed E-state index contributed by atoms with van der Waals surface area (Å²) in [6.45, 7) is 7.07. The number of carbonyl (C=O) groups excluding carboxylic acids is 1. The van der Waals surface area contributed by atoms with Gasteiger partial charge in [-0.25, -0.2) is 0 Å². The van der Waals surface area contributed by atoms with E-state index in [1.165, 1.54) is 0 Å². The van der Waals surface area contributed by atoms with E-state index in [4.69, 9.17) is 13.9 Å². The Balaban J connectivity index is 1.54. The molecule has 2 aromatic carbocycles. The van der Waals surface area contributed by atoms with Crippen molar-refractivity contribution in [1.82, 2.24) is 4.90 Å². The van der Waals surface area contributed by atoms with Crippen molar-refractivity contribution in [2.24, 2.45) is 0 Å². The van der Waals surface area contributed by atoms with Gasteiger partial charge in [0, 0.05) is 31.1 Å². The van der Waals surface area contributed by atoms with E-state index in [0.29, 0.717) is 31.1 Å². The first-order chi connectivity index (χ1) is 14.6. The number of carbonyl (C=O) groups is 1. The van der Waals surface area contributed by atoms with Gasteiger partial charge in [0.05, 0.1) is 25.4 Å². The summed E-state index contributed by atoms with van der Waals surface area (Å²) in [5.41, 5.74) is 2.60. The number of nitrogens with zero attached hydrogens (tertiary/aromatic N) is 2. The highest BCUT2D eigenvalue weighted by Gasteiger charge is 2.29. The molecule has 158 valence electrons. The average Bonchev–Trinajstić information content (AvgIpc) is 3.14. The number of rotatable bonds is 7. The Kier molecular flexibility index (Phi) is 5.95. The van der Waals surface area contributed by atoms with Gasteiger partial charge in [0.15, 0.2) is 5.76 Å². The predicted molar refractivity (Wildman–Crippen MR) is 117 cm³/mol. The fourth-order valence-corrected chi connectivity index (χ4v) is 3.95. The molecule has 0 aliphatic carbocycles. The highest BCUT2D eigenvalue weighted by atomic mass is 16.5. The summed E-state index contributed by atoms with van der Waals surface area (Å²) in [5.74, 6) is 1.04. The maximum Gasteiger partial charge on any atom is 0.289 e. The number of anilines is 1. The van der Waals surface area contributed by atoms with Crippen LogP contribution in [0.1, 0.15) is 30.0 Å². The number of benzene rings is 2. The van der Waals surface area contributed by atoms with Crippen LogP contribution in [0.25, 0.3) is 11.0 Å². The molecule has 1 aromatic heterocycles. The van der Waals surface area contributed by atoms with Gasteiger partial charge in [-0.2, -0.15) is 0 Å². The van der Waals surface area contributed by atoms with Crippen molar-refractivity contribution < 1.29 is 18.7 Å². The summed E-state index contributed by atoms with van der Waals surface area (Å²) in [6, 6.07) is 15.7. The summed E-state index contributed by atoms with van der Waals surface area (Å²) in [4.78, 5) is 17.2. The third kappa shape index (κ3) is 3.87. The van der Waals surface area contributed by atoms with Crippen molar-refractivity contribution in [3.63, 3.8) is 0 Å². The number of hydrogen-bond acceptors (Lipinski definition) is 5. The van der Waals surface area contributed by atoms with Crippen LogP contribution in [0, 0.1) is 0 Å². The Labute approximate surface area is 177 Å². The molecule has 0 radical (unpaired) electrons. The minimum atomic E-state index is -0.161. The van der Waals surface area contributed by atoms with Crippen molar-refractivity contribution in [1.29, 1.82) is 0 Å². The van der Waals surface area contributed by atoms with Gasteiger partial charge in [0.25, 0.3) is 5.91 Å². The van der Waals surface area contributed by atoms with E-state index in [1.807, 2.05) is 49.4 Å². The monoisotopic (exact) mass is 408 g/mol. The van der Waals surface area contributed by atoms with Gasteiger partial charge < -0.3 is 23.7 Å². The summed E-state index contributed by atoms with van der Waals surface area (Å²) in [7, 11) is 1.79. The van der Waals surface area contributed by atoms with E-state index in [9.17, 15) is 4.79 Å². The van der Waals surface area contributed by atoms with Crippen LogP contribution in [-0.2, 0) is 11.3 Å². The molecule has 1 atom stereocenters. The molecule has 3 aromatic rings. The number of para-hydroxylation sites is 3. The molecular weight excluding hydrogens is 380 g/mol. The summed E-state index contributed by atoms with van der Waals surface area (Å²) < 4.78 is 17.7. The van der Waals surface area contributed by atoms with Crippen molar-refractivity contribution in [3.05, 3.63) is 59.9 Å². The first kappa shape index (κ1) is 20.3. The Morgan fingerprint density at radius 3 is 2.73 bits per heavy atom. The van der Waals surface area contributed by atoms with E-state index < -0.39 is 0 Å². The Morgan fingerprint density at radius 1 is 1.17 bits per heavy atom.